The Labute approximate surface area is 142 Å². The van der Waals surface area contributed by atoms with E-state index in [0.29, 0.717) is 22.3 Å². The van der Waals surface area contributed by atoms with E-state index in [0.717, 1.165) is 17.8 Å². The van der Waals surface area contributed by atoms with Crippen LogP contribution in [0.1, 0.15) is 33.4 Å². The van der Waals surface area contributed by atoms with E-state index >= 15 is 0 Å². The first-order valence-electron chi connectivity index (χ1n) is 7.42. The zero-order chi connectivity index (χ0) is 17.3. The number of hydrogen-bond acceptors (Lipinski definition) is 5. The highest BCUT2D eigenvalue weighted by Gasteiger charge is 2.39. The van der Waals surface area contributed by atoms with E-state index in [9.17, 15) is 14.4 Å². The van der Waals surface area contributed by atoms with Gasteiger partial charge in [0, 0.05) is 17.2 Å². The van der Waals surface area contributed by atoms with Crippen LogP contribution in [-0.2, 0) is 4.79 Å². The molecular weight excluding hydrogens is 328 g/mol. The van der Waals surface area contributed by atoms with Crippen molar-refractivity contribution in [2.75, 3.05) is 10.6 Å². The summed E-state index contributed by atoms with van der Waals surface area (Å²) in [6, 6.07) is 6.58. The molecule has 1 aromatic heterocycles. The summed E-state index contributed by atoms with van der Waals surface area (Å²) in [5, 5.41) is 5.73. The minimum absolute atomic E-state index is 0.0152. The first kappa shape index (κ1) is 16.1. The van der Waals surface area contributed by atoms with E-state index in [4.69, 9.17) is 5.73 Å². The number of aromatic nitrogens is 1. The highest BCUT2D eigenvalue weighted by Crippen LogP contribution is 2.38. The molecule has 2 unspecified atom stereocenters. The minimum Gasteiger partial charge on any atom is -0.365 e. The number of nitrogens with zero attached hydrogens (tertiary/aromatic N) is 1. The summed E-state index contributed by atoms with van der Waals surface area (Å²) < 4.78 is 0. The first-order chi connectivity index (χ1) is 11.4. The third kappa shape index (κ3) is 3.60. The van der Waals surface area contributed by atoms with Crippen LogP contribution in [0.3, 0.4) is 0 Å². The van der Waals surface area contributed by atoms with Crippen LogP contribution in [0.5, 0.6) is 0 Å². The summed E-state index contributed by atoms with van der Waals surface area (Å²) in [5.74, 6) is -0.385. The molecule has 4 N–H and O–H groups in total. The lowest BCUT2D eigenvalue weighted by Crippen LogP contribution is -2.15. The molecule has 1 heterocycles. The topological polar surface area (TPSA) is 114 Å². The molecule has 2 aromatic rings. The predicted molar refractivity (Wildman–Crippen MR) is 90.9 cm³/mol. The second kappa shape index (κ2) is 6.40. The fraction of sp³-hybridized carbons (Fsp3) is 0.250. The average molecular weight is 344 g/mol. The first-order valence-corrected chi connectivity index (χ1v) is 8.23. The molecule has 0 bridgehead atoms. The smallest absolute Gasteiger partial charge is 0.260 e. The maximum absolute atomic E-state index is 12.1. The maximum Gasteiger partial charge on any atom is 0.260 e. The molecule has 1 saturated carbocycles. The Balaban J connectivity index is 1.60. The van der Waals surface area contributed by atoms with E-state index in [1.165, 1.54) is 6.20 Å². The summed E-state index contributed by atoms with van der Waals surface area (Å²) in [5.41, 5.74) is 6.22. The molecule has 24 heavy (non-hydrogen) atoms. The van der Waals surface area contributed by atoms with Crippen LogP contribution in [0.4, 0.5) is 10.8 Å². The molecule has 0 spiro atoms. The van der Waals surface area contributed by atoms with E-state index in [2.05, 4.69) is 15.6 Å². The van der Waals surface area contributed by atoms with Crippen molar-refractivity contribution in [2.24, 2.45) is 17.6 Å². The van der Waals surface area contributed by atoms with Crippen molar-refractivity contribution in [3.63, 3.8) is 0 Å². The largest absolute Gasteiger partial charge is 0.365 e. The van der Waals surface area contributed by atoms with Gasteiger partial charge in [-0.25, -0.2) is 4.98 Å². The molecule has 1 aromatic carbocycles. The summed E-state index contributed by atoms with van der Waals surface area (Å²) >= 11 is 1.01. The summed E-state index contributed by atoms with van der Waals surface area (Å²) in [7, 11) is 0. The van der Waals surface area contributed by atoms with Gasteiger partial charge in [0.15, 0.2) is 5.13 Å². The fourth-order valence-electron chi connectivity index (χ4n) is 2.24. The standard InChI is InChI=1S/C16H16N4O3S/c1-8-6-11(8)15(23)19-10-4-2-9(3-5-10)14(22)20-16-18-7-12(24-16)13(17)21/h2-5,7-8,11H,6H2,1H3,(H2,17,21)(H,19,23)(H,18,20,22). The van der Waals surface area contributed by atoms with E-state index in [1.807, 2.05) is 6.92 Å². The van der Waals surface area contributed by atoms with Gasteiger partial charge in [-0.05, 0) is 36.6 Å². The van der Waals surface area contributed by atoms with Gasteiger partial charge in [0.2, 0.25) is 5.91 Å². The number of anilines is 2. The number of nitrogens with two attached hydrogens (primary N) is 1. The molecule has 0 radical (unpaired) electrons. The van der Waals surface area contributed by atoms with Gasteiger partial charge in [-0.1, -0.05) is 18.3 Å². The lowest BCUT2D eigenvalue weighted by atomic mass is 10.2. The molecule has 124 valence electrons. The van der Waals surface area contributed by atoms with Gasteiger partial charge in [-0.2, -0.15) is 0 Å². The van der Waals surface area contributed by atoms with Crippen LogP contribution in [0.15, 0.2) is 30.5 Å². The van der Waals surface area contributed by atoms with Gasteiger partial charge < -0.3 is 11.1 Å². The molecule has 1 fully saturated rings. The van der Waals surface area contributed by atoms with E-state index < -0.39 is 5.91 Å². The van der Waals surface area contributed by atoms with Crippen LogP contribution < -0.4 is 16.4 Å². The van der Waals surface area contributed by atoms with Gasteiger partial charge in [-0.3, -0.25) is 19.7 Å². The summed E-state index contributed by atoms with van der Waals surface area (Å²) in [6.45, 7) is 2.04. The average Bonchev–Trinajstić information content (AvgIpc) is 3.09. The van der Waals surface area contributed by atoms with Crippen molar-refractivity contribution in [2.45, 2.75) is 13.3 Å². The highest BCUT2D eigenvalue weighted by atomic mass is 32.1. The van der Waals surface area contributed by atoms with E-state index in [-0.39, 0.29) is 22.6 Å². The highest BCUT2D eigenvalue weighted by molar-refractivity contribution is 7.17. The zero-order valence-electron chi connectivity index (χ0n) is 12.9. The van der Waals surface area contributed by atoms with Crippen LogP contribution in [0.2, 0.25) is 0 Å². The fourth-order valence-corrected chi connectivity index (χ4v) is 2.91. The molecular formula is C16H16N4O3S. The predicted octanol–water partition coefficient (Wildman–Crippen LogP) is 2.09. The van der Waals surface area contributed by atoms with Crippen molar-refractivity contribution < 1.29 is 14.4 Å². The Hall–Kier alpha value is -2.74. The number of benzene rings is 1. The number of carbonyl (C=O) groups excluding carboxylic acids is 3. The summed E-state index contributed by atoms with van der Waals surface area (Å²) in [6.07, 6.45) is 2.24. The maximum atomic E-state index is 12.1. The molecule has 0 aliphatic heterocycles. The SMILES string of the molecule is CC1CC1C(=O)Nc1ccc(C(=O)Nc2ncc(C(N)=O)s2)cc1. The monoisotopic (exact) mass is 344 g/mol. The van der Waals surface area contributed by atoms with Crippen LogP contribution in [-0.4, -0.2) is 22.7 Å². The van der Waals surface area contributed by atoms with E-state index in [1.54, 1.807) is 24.3 Å². The quantitative estimate of drug-likeness (QED) is 0.770. The number of amides is 3. The Kier molecular flexibility index (Phi) is 4.30. The zero-order valence-corrected chi connectivity index (χ0v) is 13.7. The molecule has 8 heteroatoms. The molecule has 3 amide bonds. The number of nitrogens with one attached hydrogen (secondary N) is 2. The lowest BCUT2D eigenvalue weighted by Gasteiger charge is -2.06. The Morgan fingerprint density at radius 3 is 2.42 bits per heavy atom. The number of thiazole rings is 1. The van der Waals surface area contributed by atoms with Crippen LogP contribution in [0, 0.1) is 11.8 Å². The van der Waals surface area contributed by atoms with Crippen LogP contribution >= 0.6 is 11.3 Å². The van der Waals surface area contributed by atoms with Crippen molar-refractivity contribution in [3.8, 4) is 0 Å². The second-order valence-electron chi connectivity index (χ2n) is 5.73. The minimum atomic E-state index is -0.585. The molecule has 1 aliphatic rings. The number of carbonyl (C=O) groups is 3. The van der Waals surface area contributed by atoms with Crippen LogP contribution in [0.25, 0.3) is 0 Å². The molecule has 3 rings (SSSR count). The van der Waals surface area contributed by atoms with Crippen molar-refractivity contribution in [3.05, 3.63) is 40.9 Å². The lowest BCUT2D eigenvalue weighted by molar-refractivity contribution is -0.117. The van der Waals surface area contributed by atoms with Gasteiger partial charge >= 0.3 is 0 Å². The third-order valence-electron chi connectivity index (χ3n) is 3.83. The number of rotatable bonds is 5. The molecule has 7 nitrogen and oxygen atoms in total. The molecule has 1 aliphatic carbocycles. The Morgan fingerprint density at radius 2 is 1.88 bits per heavy atom. The molecule has 2 atom stereocenters. The van der Waals surface area contributed by atoms with Gasteiger partial charge in [-0.15, -0.1) is 0 Å². The van der Waals surface area contributed by atoms with Gasteiger partial charge in [0.05, 0.1) is 6.20 Å². The number of hydrogen-bond donors (Lipinski definition) is 3. The number of primary amides is 1. The Morgan fingerprint density at radius 1 is 1.21 bits per heavy atom. The van der Waals surface area contributed by atoms with Gasteiger partial charge in [0.1, 0.15) is 4.88 Å². The van der Waals surface area contributed by atoms with Gasteiger partial charge in [0.25, 0.3) is 11.8 Å². The summed E-state index contributed by atoms with van der Waals surface area (Å²) in [4.78, 5) is 39.2. The van der Waals surface area contributed by atoms with Crippen molar-refractivity contribution in [1.29, 1.82) is 0 Å². The second-order valence-corrected chi connectivity index (χ2v) is 6.76. The Bertz CT molecular complexity index is 800. The van der Waals surface area contributed by atoms with Crippen molar-refractivity contribution >= 4 is 39.9 Å². The molecule has 0 saturated heterocycles. The third-order valence-corrected chi connectivity index (χ3v) is 4.76. The normalized spacial score (nSPS) is 18.7. The van der Waals surface area contributed by atoms with Crippen molar-refractivity contribution in [1.82, 2.24) is 4.98 Å².